The monoisotopic (exact) mass is 224 g/mol. The van der Waals surface area contributed by atoms with Gasteiger partial charge in [-0.1, -0.05) is 60.7 Å². The maximum Gasteiger partial charge on any atom is 1.00 e. The standard InChI is InChI=1S/C12H10OP.Na/c13-14(11-7-3-1-4-8-11)12-9-5-2-6-10-12;/h1-10H;/q-1;+1. The molecule has 0 saturated heterocycles. The molecule has 0 saturated carbocycles. The van der Waals surface area contributed by atoms with Gasteiger partial charge in [-0.05, 0) is 10.6 Å². The van der Waals surface area contributed by atoms with E-state index in [1.165, 1.54) is 0 Å². The molecule has 0 radical (unpaired) electrons. The number of hydrogen-bond donors (Lipinski definition) is 0. The third kappa shape index (κ3) is 3.41. The Bertz CT molecular complexity index is 351. The van der Waals surface area contributed by atoms with Crippen molar-refractivity contribution in [2.45, 2.75) is 0 Å². The quantitative estimate of drug-likeness (QED) is 0.445. The first-order valence-electron chi connectivity index (χ1n) is 4.45. The fourth-order valence-corrected chi connectivity index (χ4v) is 2.46. The van der Waals surface area contributed by atoms with Crippen molar-refractivity contribution in [1.29, 1.82) is 0 Å². The van der Waals surface area contributed by atoms with Crippen molar-refractivity contribution in [2.75, 3.05) is 0 Å². The van der Waals surface area contributed by atoms with E-state index in [1.54, 1.807) is 0 Å². The summed E-state index contributed by atoms with van der Waals surface area (Å²) in [7, 11) is -1.42. The van der Waals surface area contributed by atoms with Crippen LogP contribution < -0.4 is 45.1 Å². The fraction of sp³-hybridized carbons (Fsp3) is 0. The maximum absolute atomic E-state index is 12.0. The average molecular weight is 224 g/mol. The van der Waals surface area contributed by atoms with Crippen LogP contribution in [0.5, 0.6) is 0 Å². The van der Waals surface area contributed by atoms with Crippen LogP contribution in [0.1, 0.15) is 0 Å². The Morgan fingerprint density at radius 3 is 1.33 bits per heavy atom. The Morgan fingerprint density at radius 2 is 1.00 bits per heavy atom. The van der Waals surface area contributed by atoms with E-state index in [1.807, 2.05) is 60.7 Å². The molecule has 70 valence electrons. The van der Waals surface area contributed by atoms with Gasteiger partial charge in [0.25, 0.3) is 0 Å². The van der Waals surface area contributed by atoms with Gasteiger partial charge in [-0.15, -0.1) is 8.15 Å². The summed E-state index contributed by atoms with van der Waals surface area (Å²) in [4.78, 5) is 12.0. The van der Waals surface area contributed by atoms with E-state index in [4.69, 9.17) is 0 Å². The second-order valence-electron chi connectivity index (χ2n) is 2.97. The van der Waals surface area contributed by atoms with Gasteiger partial charge in [0, 0.05) is 0 Å². The predicted molar refractivity (Wildman–Crippen MR) is 59.1 cm³/mol. The largest absolute Gasteiger partial charge is 1.00 e. The molecule has 0 aliphatic heterocycles. The molecule has 0 atom stereocenters. The summed E-state index contributed by atoms with van der Waals surface area (Å²) >= 11 is 0. The number of hydrogen-bond acceptors (Lipinski definition) is 1. The molecule has 0 spiro atoms. The molecule has 0 amide bonds. The van der Waals surface area contributed by atoms with Crippen LogP contribution in [0.15, 0.2) is 60.7 Å². The summed E-state index contributed by atoms with van der Waals surface area (Å²) in [5, 5.41) is 1.77. The molecule has 2 rings (SSSR count). The molecular formula is C12H10NaOP. The predicted octanol–water partition coefficient (Wildman–Crippen LogP) is -1.60. The zero-order valence-electron chi connectivity index (χ0n) is 8.63. The Hall–Kier alpha value is -0.170. The van der Waals surface area contributed by atoms with Crippen LogP contribution in [0.25, 0.3) is 0 Å². The van der Waals surface area contributed by atoms with Crippen molar-refractivity contribution >= 4 is 18.8 Å². The molecule has 2 aromatic rings. The molecule has 0 aliphatic carbocycles. The first kappa shape index (κ1) is 12.9. The van der Waals surface area contributed by atoms with Crippen molar-refractivity contribution < 1.29 is 34.5 Å². The molecule has 0 heterocycles. The second-order valence-corrected chi connectivity index (χ2v) is 4.59. The molecule has 1 nitrogen and oxygen atoms in total. The zero-order valence-corrected chi connectivity index (χ0v) is 11.5. The van der Waals surface area contributed by atoms with E-state index in [9.17, 15) is 4.89 Å². The van der Waals surface area contributed by atoms with Gasteiger partial charge in [0.2, 0.25) is 0 Å². The van der Waals surface area contributed by atoms with Crippen molar-refractivity contribution in [3.05, 3.63) is 60.7 Å². The van der Waals surface area contributed by atoms with Crippen LogP contribution in [0.3, 0.4) is 0 Å². The molecule has 0 N–H and O–H groups in total. The topological polar surface area (TPSA) is 23.1 Å². The first-order valence-corrected chi connectivity index (χ1v) is 5.71. The summed E-state index contributed by atoms with van der Waals surface area (Å²) in [6.45, 7) is 0. The molecule has 0 bridgehead atoms. The van der Waals surface area contributed by atoms with E-state index >= 15 is 0 Å². The minimum absolute atomic E-state index is 0. The van der Waals surface area contributed by atoms with Gasteiger partial charge in [-0.25, -0.2) is 0 Å². The van der Waals surface area contributed by atoms with Crippen molar-refractivity contribution in [2.24, 2.45) is 0 Å². The summed E-state index contributed by atoms with van der Waals surface area (Å²) in [6.07, 6.45) is 0. The van der Waals surface area contributed by atoms with Crippen molar-refractivity contribution in [3.63, 3.8) is 0 Å². The molecular weight excluding hydrogens is 214 g/mol. The summed E-state index contributed by atoms with van der Waals surface area (Å²) in [6, 6.07) is 19.1. The van der Waals surface area contributed by atoms with Crippen LogP contribution in [0.2, 0.25) is 0 Å². The molecule has 0 fully saturated rings. The minimum atomic E-state index is -1.42. The molecule has 0 aliphatic rings. The second kappa shape index (κ2) is 6.42. The van der Waals surface area contributed by atoms with E-state index in [2.05, 4.69) is 0 Å². The molecule has 15 heavy (non-hydrogen) atoms. The van der Waals surface area contributed by atoms with E-state index in [-0.39, 0.29) is 29.6 Å². The molecule has 0 aromatic heterocycles. The van der Waals surface area contributed by atoms with Gasteiger partial charge >= 0.3 is 29.6 Å². The Kier molecular flexibility index (Phi) is 5.52. The zero-order chi connectivity index (χ0) is 9.80. The smallest absolute Gasteiger partial charge is 0.822 e. The first-order chi connectivity index (χ1) is 6.88. The van der Waals surface area contributed by atoms with Crippen LogP contribution in [-0.2, 0) is 0 Å². The number of benzene rings is 2. The Labute approximate surface area is 113 Å². The summed E-state index contributed by atoms with van der Waals surface area (Å²) in [5.41, 5.74) is 0. The average Bonchev–Trinajstić information content (AvgIpc) is 2.30. The third-order valence-electron chi connectivity index (χ3n) is 1.98. The van der Waals surface area contributed by atoms with Crippen LogP contribution >= 0.6 is 8.15 Å². The van der Waals surface area contributed by atoms with Gasteiger partial charge < -0.3 is 4.89 Å². The summed E-state index contributed by atoms with van der Waals surface area (Å²) in [5.74, 6) is 0. The molecule has 0 unspecified atom stereocenters. The van der Waals surface area contributed by atoms with Gasteiger partial charge in [0.15, 0.2) is 0 Å². The van der Waals surface area contributed by atoms with Crippen LogP contribution in [0.4, 0.5) is 0 Å². The van der Waals surface area contributed by atoms with Gasteiger partial charge in [-0.2, -0.15) is 0 Å². The minimum Gasteiger partial charge on any atom is -0.822 e. The van der Waals surface area contributed by atoms with Gasteiger partial charge in [-0.3, -0.25) is 0 Å². The maximum atomic E-state index is 12.0. The SMILES string of the molecule is [Na+].[O-]P(c1ccccc1)c1ccccc1. The van der Waals surface area contributed by atoms with Crippen LogP contribution in [-0.4, -0.2) is 0 Å². The molecule has 2 aromatic carbocycles. The van der Waals surface area contributed by atoms with Gasteiger partial charge in [0.1, 0.15) is 0 Å². The Morgan fingerprint density at radius 1 is 0.667 bits per heavy atom. The number of rotatable bonds is 2. The van der Waals surface area contributed by atoms with E-state index < -0.39 is 8.15 Å². The van der Waals surface area contributed by atoms with Gasteiger partial charge in [0.05, 0.1) is 0 Å². The normalized spacial score (nSPS) is 9.73. The van der Waals surface area contributed by atoms with E-state index in [0.717, 1.165) is 10.6 Å². The molecule has 3 heteroatoms. The third-order valence-corrected chi connectivity index (χ3v) is 3.52. The summed E-state index contributed by atoms with van der Waals surface area (Å²) < 4.78 is 0. The van der Waals surface area contributed by atoms with Crippen molar-refractivity contribution in [3.8, 4) is 0 Å². The van der Waals surface area contributed by atoms with Crippen molar-refractivity contribution in [1.82, 2.24) is 0 Å². The Balaban J connectivity index is 0.00000112. The fourth-order valence-electron chi connectivity index (χ4n) is 1.28. The van der Waals surface area contributed by atoms with E-state index in [0.29, 0.717) is 0 Å². The van der Waals surface area contributed by atoms with Crippen LogP contribution in [0, 0.1) is 0 Å².